The van der Waals surface area contributed by atoms with E-state index < -0.39 is 46.1 Å². The lowest BCUT2D eigenvalue weighted by Crippen LogP contribution is -2.15. The number of hydrogen-bond donors (Lipinski definition) is 3. The smallest absolute Gasteiger partial charge is 0.433 e. The zero-order chi connectivity index (χ0) is 46.8. The second kappa shape index (κ2) is 18.0. The molecule has 0 amide bonds. The van der Waals surface area contributed by atoms with Gasteiger partial charge in [0.15, 0.2) is 23.3 Å². The van der Waals surface area contributed by atoms with Crippen molar-refractivity contribution in [1.29, 1.82) is 0 Å². The number of nitrogens with zero attached hydrogens (tertiary/aromatic N) is 6. The number of nitrogens with one attached hydrogen (secondary N) is 1. The van der Waals surface area contributed by atoms with Gasteiger partial charge in [-0.05, 0) is 82.9 Å². The van der Waals surface area contributed by atoms with Gasteiger partial charge in [-0.25, -0.2) is 28.7 Å². The lowest BCUT2D eigenvalue weighted by Gasteiger charge is -2.11. The Bertz CT molecular complexity index is 3280. The van der Waals surface area contributed by atoms with Gasteiger partial charge in [0.25, 0.3) is 0 Å². The fourth-order valence-corrected chi connectivity index (χ4v) is 6.88. The Morgan fingerprint density at radius 1 is 0.606 bits per heavy atom. The van der Waals surface area contributed by atoms with Crippen LogP contribution in [0.3, 0.4) is 0 Å². The maximum atomic E-state index is 14.4. The third-order valence-corrected chi connectivity index (χ3v) is 10.1. The Kier molecular flexibility index (Phi) is 12.1. The molecule has 21 heteroatoms. The Morgan fingerprint density at radius 2 is 1.09 bits per heavy atom. The van der Waals surface area contributed by atoms with E-state index in [0.29, 0.717) is 56.0 Å². The van der Waals surface area contributed by atoms with E-state index in [1.165, 1.54) is 67.5 Å². The molecular formula is C45H26F8N8O4S. The van der Waals surface area contributed by atoms with Crippen LogP contribution in [0.15, 0.2) is 153 Å². The first-order valence-electron chi connectivity index (χ1n) is 18.9. The largest absolute Gasteiger partial charge is 0.472 e. The number of rotatable bonds is 8. The van der Waals surface area contributed by atoms with E-state index in [4.69, 9.17) is 19.8 Å². The molecule has 4 N–H and O–H groups in total. The molecule has 0 unspecified atom stereocenters. The summed E-state index contributed by atoms with van der Waals surface area (Å²) in [6, 6.07) is 25.9. The number of benzene rings is 4. The highest BCUT2D eigenvalue weighted by molar-refractivity contribution is 7.03. The van der Waals surface area contributed by atoms with Gasteiger partial charge < -0.3 is 19.8 Å². The molecule has 0 saturated carbocycles. The molecule has 66 heavy (non-hydrogen) atoms. The summed E-state index contributed by atoms with van der Waals surface area (Å²) < 4.78 is 123. The first kappa shape index (κ1) is 44.3. The molecular weight excluding hydrogens is 901 g/mol. The van der Waals surface area contributed by atoms with Crippen LogP contribution in [-0.2, 0) is 12.4 Å². The molecule has 0 aliphatic carbocycles. The van der Waals surface area contributed by atoms with Crippen molar-refractivity contribution >= 4 is 17.4 Å². The second-order valence-corrected chi connectivity index (χ2v) is 14.7. The van der Waals surface area contributed by atoms with E-state index in [2.05, 4.69) is 34.4 Å². The zero-order valence-electron chi connectivity index (χ0n) is 33.1. The van der Waals surface area contributed by atoms with Gasteiger partial charge in [0.05, 0.1) is 47.6 Å². The number of amidine groups is 1. The topological polar surface area (TPSA) is 182 Å². The average molecular weight is 927 g/mol. The Hall–Kier alpha value is -8.33. The lowest BCUT2D eigenvalue weighted by molar-refractivity contribution is -0.141. The summed E-state index contributed by atoms with van der Waals surface area (Å²) in [5.74, 6) is -1.85. The summed E-state index contributed by atoms with van der Waals surface area (Å²) in [7, 11) is 0. The molecule has 0 saturated heterocycles. The van der Waals surface area contributed by atoms with Crippen LogP contribution in [0, 0.1) is 11.6 Å². The van der Waals surface area contributed by atoms with Crippen LogP contribution in [0.25, 0.3) is 78.9 Å². The van der Waals surface area contributed by atoms with Crippen molar-refractivity contribution in [2.75, 3.05) is 0 Å². The zero-order valence-corrected chi connectivity index (χ0v) is 33.9. The molecule has 5 heterocycles. The summed E-state index contributed by atoms with van der Waals surface area (Å²) in [5, 5.41) is 11.7. The number of aromatic amines is 1. The summed E-state index contributed by atoms with van der Waals surface area (Å²) in [4.78, 5) is 29.4. The molecule has 0 radical (unpaired) electrons. The van der Waals surface area contributed by atoms with E-state index in [1.54, 1.807) is 48.5 Å². The van der Waals surface area contributed by atoms with Crippen LogP contribution in [0.1, 0.15) is 17.0 Å². The molecule has 5 aromatic heterocycles. The number of hydrogen-bond acceptors (Lipinski definition) is 11. The number of halogens is 8. The molecule has 12 nitrogen and oxygen atoms in total. The molecule has 0 fully saturated rings. The van der Waals surface area contributed by atoms with E-state index in [1.807, 2.05) is 0 Å². The normalized spacial score (nSPS) is 11.9. The van der Waals surface area contributed by atoms with E-state index in [0.717, 1.165) is 18.2 Å². The molecule has 9 aromatic rings. The van der Waals surface area contributed by atoms with E-state index in [9.17, 15) is 39.9 Å². The fraction of sp³-hybridized carbons (Fsp3) is 0.0444. The van der Waals surface area contributed by atoms with Crippen LogP contribution in [0.5, 0.6) is 0 Å². The number of aromatic nitrogens is 6. The van der Waals surface area contributed by atoms with Crippen molar-refractivity contribution in [3.05, 3.63) is 173 Å². The summed E-state index contributed by atoms with van der Waals surface area (Å²) in [6.07, 6.45) is -4.10. The van der Waals surface area contributed by atoms with Crippen LogP contribution in [0.2, 0.25) is 0 Å². The van der Waals surface area contributed by atoms with Crippen LogP contribution >= 0.6 is 11.5 Å². The van der Waals surface area contributed by atoms with Gasteiger partial charge in [0, 0.05) is 33.8 Å². The fourth-order valence-electron chi connectivity index (χ4n) is 6.42. The SMILES string of the molecule is N/C(=N/O)c1cc(-c2cccc(-c3nc(-c4ccoc4)cc(C(F)(F)F)n3)c2)ccc1F.O=c1[nH]c(-c2cc(-c3cccc(-c4nc(-c5ccoc5)cc(C(F)(F)F)n4)c3)ccc2F)ns1. The van der Waals surface area contributed by atoms with E-state index in [-0.39, 0.29) is 40.0 Å². The lowest BCUT2D eigenvalue weighted by atomic mass is 10.00. The van der Waals surface area contributed by atoms with Crippen molar-refractivity contribution in [3.8, 4) is 78.9 Å². The minimum atomic E-state index is -4.68. The van der Waals surface area contributed by atoms with Crippen LogP contribution < -0.4 is 10.6 Å². The first-order chi connectivity index (χ1) is 31.5. The highest BCUT2D eigenvalue weighted by atomic mass is 32.1. The number of alkyl halides is 6. The summed E-state index contributed by atoms with van der Waals surface area (Å²) in [5.41, 5.74) is 7.01. The molecule has 0 aliphatic rings. The predicted molar refractivity (Wildman–Crippen MR) is 225 cm³/mol. The summed E-state index contributed by atoms with van der Waals surface area (Å²) in [6.45, 7) is 0. The Morgan fingerprint density at radius 3 is 1.55 bits per heavy atom. The van der Waals surface area contributed by atoms with Crippen molar-refractivity contribution < 1.29 is 49.2 Å². The monoisotopic (exact) mass is 926 g/mol. The first-order valence-corrected chi connectivity index (χ1v) is 19.6. The van der Waals surface area contributed by atoms with Gasteiger partial charge in [0.2, 0.25) is 0 Å². The van der Waals surface area contributed by atoms with Gasteiger partial charge in [-0.15, -0.1) is 0 Å². The highest BCUT2D eigenvalue weighted by Gasteiger charge is 2.35. The highest BCUT2D eigenvalue weighted by Crippen LogP contribution is 2.36. The van der Waals surface area contributed by atoms with Crippen molar-refractivity contribution in [2.45, 2.75) is 12.4 Å². The molecule has 332 valence electrons. The minimum Gasteiger partial charge on any atom is -0.472 e. The maximum absolute atomic E-state index is 14.4. The molecule has 4 aromatic carbocycles. The standard InChI is InChI=1S/C23H12F4N4O2S.C22H14F4N4O2/c24-17-5-4-13(9-16(17)21-30-22(32)34-31-21)12-2-1-3-14(8-12)20-28-18(15-6-7-33-11-15)10-19(29-20)23(25,26)27;23-17-5-4-13(9-16(17)20(27)30-31)12-2-1-3-14(8-12)21-28-18(15-6-7-32-11-15)10-19(29-21)22(24,25)26/h1-11H,(H,30,31,32);1-11,31H,(H2,27,30). The number of oxime groups is 1. The average Bonchev–Trinajstić information content (AvgIpc) is 4.14. The second-order valence-electron chi connectivity index (χ2n) is 13.9. The third-order valence-electron chi connectivity index (χ3n) is 9.59. The Balaban J connectivity index is 0.000000180. The van der Waals surface area contributed by atoms with Gasteiger partial charge in [-0.3, -0.25) is 9.78 Å². The van der Waals surface area contributed by atoms with E-state index >= 15 is 0 Å². The maximum Gasteiger partial charge on any atom is 0.433 e. The number of H-pyrrole nitrogens is 1. The number of furan rings is 2. The third kappa shape index (κ3) is 9.74. The van der Waals surface area contributed by atoms with Crippen LogP contribution in [-0.4, -0.2) is 40.3 Å². The molecule has 0 atom stereocenters. The summed E-state index contributed by atoms with van der Waals surface area (Å²) >= 11 is 0.670. The Labute approximate surface area is 369 Å². The molecule has 0 bridgehead atoms. The minimum absolute atomic E-state index is 0.0532. The van der Waals surface area contributed by atoms with Crippen molar-refractivity contribution in [3.63, 3.8) is 0 Å². The molecule has 9 rings (SSSR count). The predicted octanol–water partition coefficient (Wildman–Crippen LogP) is 11.4. The van der Waals surface area contributed by atoms with Gasteiger partial charge in [-0.2, -0.15) is 30.7 Å². The van der Waals surface area contributed by atoms with Crippen LogP contribution in [0.4, 0.5) is 35.1 Å². The van der Waals surface area contributed by atoms with Gasteiger partial charge in [0.1, 0.15) is 23.0 Å². The van der Waals surface area contributed by atoms with Crippen molar-refractivity contribution in [1.82, 2.24) is 29.3 Å². The molecule has 0 spiro atoms. The number of nitrogens with two attached hydrogens (primary N) is 1. The molecule has 0 aliphatic heterocycles. The van der Waals surface area contributed by atoms with Gasteiger partial charge >= 0.3 is 17.2 Å². The quantitative estimate of drug-likeness (QED) is 0.0436. The van der Waals surface area contributed by atoms with Crippen molar-refractivity contribution in [2.24, 2.45) is 10.9 Å². The van der Waals surface area contributed by atoms with Gasteiger partial charge in [-0.1, -0.05) is 53.7 Å².